The molecule has 1 aliphatic heterocycles. The molecule has 3 heteroatoms. The fourth-order valence-electron chi connectivity index (χ4n) is 2.90. The van der Waals surface area contributed by atoms with Gasteiger partial charge in [0.15, 0.2) is 0 Å². The van der Waals surface area contributed by atoms with Gasteiger partial charge in [-0.25, -0.2) is 0 Å². The number of benzene rings is 1. The van der Waals surface area contributed by atoms with E-state index in [1.807, 2.05) is 6.20 Å². The quantitative estimate of drug-likeness (QED) is 0.735. The monoisotopic (exact) mass is 229 g/mol. The standard InChI is InChI=1S/C14H19N3/c15-7-10-6-12(9-16-8-10)13-3-1-2-11-4-5-17-14(11)13/h1-5,10,12,16-17H,6-9,15H2. The van der Waals surface area contributed by atoms with Gasteiger partial charge >= 0.3 is 0 Å². The van der Waals surface area contributed by atoms with E-state index < -0.39 is 0 Å². The second kappa shape index (κ2) is 4.51. The molecule has 2 atom stereocenters. The van der Waals surface area contributed by atoms with Crippen LogP contribution in [-0.4, -0.2) is 24.6 Å². The van der Waals surface area contributed by atoms with Gasteiger partial charge in [-0.3, -0.25) is 0 Å². The molecule has 1 fully saturated rings. The van der Waals surface area contributed by atoms with E-state index in [0.29, 0.717) is 11.8 Å². The van der Waals surface area contributed by atoms with E-state index in [1.54, 1.807) is 0 Å². The molecule has 1 aliphatic rings. The van der Waals surface area contributed by atoms with Crippen molar-refractivity contribution in [3.63, 3.8) is 0 Å². The van der Waals surface area contributed by atoms with Gasteiger partial charge < -0.3 is 16.0 Å². The lowest BCUT2D eigenvalue weighted by atomic mass is 9.85. The minimum Gasteiger partial charge on any atom is -0.361 e. The first-order chi connectivity index (χ1) is 8.38. The molecular formula is C14H19N3. The third-order valence-corrected chi connectivity index (χ3v) is 3.83. The lowest BCUT2D eigenvalue weighted by molar-refractivity contribution is 0.349. The second-order valence-electron chi connectivity index (χ2n) is 4.98. The molecule has 0 amide bonds. The maximum Gasteiger partial charge on any atom is 0.0489 e. The number of nitrogens with two attached hydrogens (primary N) is 1. The summed E-state index contributed by atoms with van der Waals surface area (Å²) >= 11 is 0. The Bertz CT molecular complexity index is 503. The number of nitrogens with one attached hydrogen (secondary N) is 2. The van der Waals surface area contributed by atoms with Gasteiger partial charge in [0.2, 0.25) is 0 Å². The second-order valence-corrected chi connectivity index (χ2v) is 4.98. The Kier molecular flexibility index (Phi) is 2.87. The molecule has 2 unspecified atom stereocenters. The van der Waals surface area contributed by atoms with E-state index in [2.05, 4.69) is 34.6 Å². The Morgan fingerprint density at radius 3 is 3.06 bits per heavy atom. The molecule has 90 valence electrons. The Morgan fingerprint density at radius 1 is 1.24 bits per heavy atom. The summed E-state index contributed by atoms with van der Waals surface area (Å²) in [7, 11) is 0. The summed E-state index contributed by atoms with van der Waals surface area (Å²) in [6, 6.07) is 8.68. The Morgan fingerprint density at radius 2 is 2.18 bits per heavy atom. The number of para-hydroxylation sites is 1. The summed E-state index contributed by atoms with van der Waals surface area (Å²) in [4.78, 5) is 3.36. The van der Waals surface area contributed by atoms with Crippen LogP contribution in [0.4, 0.5) is 0 Å². The van der Waals surface area contributed by atoms with Gasteiger partial charge in [-0.15, -0.1) is 0 Å². The lowest BCUT2D eigenvalue weighted by Crippen LogP contribution is -2.38. The molecule has 0 radical (unpaired) electrons. The number of hydrogen-bond acceptors (Lipinski definition) is 2. The first kappa shape index (κ1) is 10.8. The van der Waals surface area contributed by atoms with Gasteiger partial charge in [-0.2, -0.15) is 0 Å². The average Bonchev–Trinajstić information content (AvgIpc) is 2.87. The first-order valence-electron chi connectivity index (χ1n) is 6.35. The number of rotatable bonds is 2. The van der Waals surface area contributed by atoms with E-state index in [9.17, 15) is 0 Å². The van der Waals surface area contributed by atoms with Crippen LogP contribution >= 0.6 is 0 Å². The zero-order valence-electron chi connectivity index (χ0n) is 9.95. The molecule has 0 saturated carbocycles. The minimum absolute atomic E-state index is 0.583. The van der Waals surface area contributed by atoms with Crippen molar-refractivity contribution in [3.05, 3.63) is 36.0 Å². The van der Waals surface area contributed by atoms with Crippen LogP contribution in [-0.2, 0) is 0 Å². The van der Waals surface area contributed by atoms with Gasteiger partial charge in [0.05, 0.1) is 0 Å². The molecule has 3 rings (SSSR count). The van der Waals surface area contributed by atoms with Crippen LogP contribution in [0, 0.1) is 5.92 Å². The molecular weight excluding hydrogens is 210 g/mol. The summed E-state index contributed by atoms with van der Waals surface area (Å²) in [5, 5.41) is 4.80. The molecule has 1 aromatic heterocycles. The molecule has 0 spiro atoms. The van der Waals surface area contributed by atoms with E-state index in [0.717, 1.165) is 19.6 Å². The smallest absolute Gasteiger partial charge is 0.0489 e. The van der Waals surface area contributed by atoms with Gasteiger partial charge in [-0.05, 0) is 48.4 Å². The normalized spacial score (nSPS) is 25.2. The van der Waals surface area contributed by atoms with Crippen molar-refractivity contribution in [2.45, 2.75) is 12.3 Å². The van der Waals surface area contributed by atoms with Gasteiger partial charge in [0.1, 0.15) is 0 Å². The topological polar surface area (TPSA) is 53.8 Å². The molecule has 3 nitrogen and oxygen atoms in total. The van der Waals surface area contributed by atoms with E-state index in [-0.39, 0.29) is 0 Å². The molecule has 2 aromatic rings. The maximum absolute atomic E-state index is 5.79. The SMILES string of the molecule is NCC1CNCC(c2cccc3cc[nH]c23)C1. The molecule has 4 N–H and O–H groups in total. The zero-order valence-corrected chi connectivity index (χ0v) is 9.95. The highest BCUT2D eigenvalue weighted by Crippen LogP contribution is 2.30. The average molecular weight is 229 g/mol. The fourth-order valence-corrected chi connectivity index (χ4v) is 2.90. The van der Waals surface area contributed by atoms with Crippen molar-refractivity contribution in [1.29, 1.82) is 0 Å². The minimum atomic E-state index is 0.583. The molecule has 0 aliphatic carbocycles. The Labute approximate surface area is 101 Å². The van der Waals surface area contributed by atoms with Crippen LogP contribution in [0.2, 0.25) is 0 Å². The van der Waals surface area contributed by atoms with Crippen molar-refractivity contribution in [2.24, 2.45) is 11.7 Å². The number of hydrogen-bond donors (Lipinski definition) is 3. The molecule has 0 bridgehead atoms. The van der Waals surface area contributed by atoms with Crippen LogP contribution in [0.3, 0.4) is 0 Å². The van der Waals surface area contributed by atoms with Crippen molar-refractivity contribution in [2.75, 3.05) is 19.6 Å². The molecule has 1 saturated heterocycles. The van der Waals surface area contributed by atoms with Gasteiger partial charge in [-0.1, -0.05) is 18.2 Å². The maximum atomic E-state index is 5.79. The highest BCUT2D eigenvalue weighted by atomic mass is 14.9. The van der Waals surface area contributed by atoms with Crippen LogP contribution < -0.4 is 11.1 Å². The number of fused-ring (bicyclic) bond motifs is 1. The summed E-state index contributed by atoms with van der Waals surface area (Å²) < 4.78 is 0. The summed E-state index contributed by atoms with van der Waals surface area (Å²) in [6.45, 7) is 2.91. The Hall–Kier alpha value is -1.32. The third-order valence-electron chi connectivity index (χ3n) is 3.83. The van der Waals surface area contributed by atoms with Gasteiger partial charge in [0.25, 0.3) is 0 Å². The molecule has 2 heterocycles. The first-order valence-corrected chi connectivity index (χ1v) is 6.35. The lowest BCUT2D eigenvalue weighted by Gasteiger charge is -2.29. The fraction of sp³-hybridized carbons (Fsp3) is 0.429. The molecule has 1 aromatic carbocycles. The Balaban J connectivity index is 1.94. The number of piperidine rings is 1. The number of aromatic nitrogens is 1. The summed E-state index contributed by atoms with van der Waals surface area (Å²) in [6.07, 6.45) is 3.21. The van der Waals surface area contributed by atoms with Crippen molar-refractivity contribution in [1.82, 2.24) is 10.3 Å². The number of aromatic amines is 1. The summed E-state index contributed by atoms with van der Waals surface area (Å²) in [5.74, 6) is 1.19. The van der Waals surface area contributed by atoms with E-state index in [1.165, 1.54) is 22.9 Å². The van der Waals surface area contributed by atoms with Crippen molar-refractivity contribution < 1.29 is 0 Å². The zero-order chi connectivity index (χ0) is 11.7. The van der Waals surface area contributed by atoms with Crippen LogP contribution in [0.25, 0.3) is 10.9 Å². The highest BCUT2D eigenvalue weighted by Gasteiger charge is 2.23. The van der Waals surface area contributed by atoms with Crippen molar-refractivity contribution >= 4 is 10.9 Å². The van der Waals surface area contributed by atoms with E-state index in [4.69, 9.17) is 5.73 Å². The number of H-pyrrole nitrogens is 1. The summed E-state index contributed by atoms with van der Waals surface area (Å²) in [5.41, 5.74) is 8.51. The van der Waals surface area contributed by atoms with Gasteiger partial charge in [0, 0.05) is 18.3 Å². The predicted molar refractivity (Wildman–Crippen MR) is 71.1 cm³/mol. The van der Waals surface area contributed by atoms with Crippen molar-refractivity contribution in [3.8, 4) is 0 Å². The van der Waals surface area contributed by atoms with E-state index >= 15 is 0 Å². The largest absolute Gasteiger partial charge is 0.361 e. The highest BCUT2D eigenvalue weighted by molar-refractivity contribution is 5.83. The van der Waals surface area contributed by atoms with Crippen LogP contribution in [0.5, 0.6) is 0 Å². The third kappa shape index (κ3) is 1.96. The van der Waals surface area contributed by atoms with Crippen LogP contribution in [0.15, 0.2) is 30.5 Å². The van der Waals surface area contributed by atoms with Crippen LogP contribution in [0.1, 0.15) is 17.9 Å². The predicted octanol–water partition coefficient (Wildman–Crippen LogP) is 1.82. The molecule has 17 heavy (non-hydrogen) atoms.